The van der Waals surface area contributed by atoms with Crippen molar-refractivity contribution in [3.05, 3.63) is 102 Å². The van der Waals surface area contributed by atoms with Gasteiger partial charge in [0, 0.05) is 12.1 Å². The fourth-order valence-corrected chi connectivity index (χ4v) is 3.38. The Morgan fingerprint density at radius 1 is 0.818 bits per heavy atom. The quantitative estimate of drug-likeness (QED) is 0.318. The van der Waals surface area contributed by atoms with Gasteiger partial charge in [-0.2, -0.15) is 0 Å². The van der Waals surface area contributed by atoms with Gasteiger partial charge in [0.1, 0.15) is 19.0 Å². The van der Waals surface area contributed by atoms with Gasteiger partial charge in [-0.15, -0.1) is 0 Å². The average Bonchev–Trinajstić information content (AvgIpc) is 2.85. The van der Waals surface area contributed by atoms with Gasteiger partial charge >= 0.3 is 21.0 Å². The summed E-state index contributed by atoms with van der Waals surface area (Å²) in [5, 5.41) is 31.3. The van der Waals surface area contributed by atoms with E-state index in [1.54, 1.807) is 12.1 Å². The average molecular weight is 486 g/mol. The molecule has 7 heteroatoms. The van der Waals surface area contributed by atoms with E-state index in [1.165, 1.54) is 0 Å². The molecule has 0 atom stereocenters. The second-order valence-electron chi connectivity index (χ2n) is 7.63. The van der Waals surface area contributed by atoms with E-state index in [2.05, 4.69) is 0 Å². The van der Waals surface area contributed by atoms with Crippen LogP contribution in [0.15, 0.2) is 84.9 Å². The van der Waals surface area contributed by atoms with Gasteiger partial charge in [0.25, 0.3) is 0 Å². The molecule has 0 aliphatic heterocycles. The zero-order valence-electron chi connectivity index (χ0n) is 18.8. The topological polar surface area (TPSA) is 90.2 Å². The number of aliphatic hydroxyl groups is 3. The molecule has 3 rings (SSSR count). The van der Waals surface area contributed by atoms with Crippen LogP contribution in [-0.2, 0) is 21.0 Å². The van der Waals surface area contributed by atoms with Crippen LogP contribution in [0.3, 0.4) is 0 Å². The zero-order valence-corrected chi connectivity index (χ0v) is 20.2. The SMILES string of the molecule is CN(C)CCOc1ccc(/C(=C(\c2ccccc2)C(O)(O)CO)c2ccccc2)cc1.[O]=[V]. The maximum absolute atomic E-state index is 10.8. The molecule has 0 heterocycles. The molecule has 3 aromatic carbocycles. The number of nitrogens with zero attached hydrogens (tertiary/aromatic N) is 1. The number of aliphatic hydroxyl groups excluding tert-OH is 1. The molecule has 3 aromatic rings. The van der Waals surface area contributed by atoms with E-state index in [4.69, 9.17) is 8.41 Å². The molecule has 0 fully saturated rings. The molecule has 6 nitrogen and oxygen atoms in total. The van der Waals surface area contributed by atoms with E-state index in [1.807, 2.05) is 91.8 Å². The normalized spacial score (nSPS) is 11.9. The van der Waals surface area contributed by atoms with Gasteiger partial charge in [0.05, 0.1) is 0 Å². The van der Waals surface area contributed by atoms with Crippen molar-refractivity contribution in [1.82, 2.24) is 4.90 Å². The predicted octanol–water partition coefficient (Wildman–Crippen LogP) is 3.14. The van der Waals surface area contributed by atoms with Crippen molar-refractivity contribution in [3.8, 4) is 5.75 Å². The molecule has 173 valence electrons. The van der Waals surface area contributed by atoms with E-state index >= 15 is 0 Å². The summed E-state index contributed by atoms with van der Waals surface area (Å²) in [7, 11) is 3.98. The van der Waals surface area contributed by atoms with E-state index in [0.29, 0.717) is 17.7 Å². The standard InChI is InChI=1S/C26H29NO4.O.V/c1-27(2)17-18-31-23-15-13-21(14-16-23)24(20-9-5-3-6-10-20)25(26(29,30)19-28)22-11-7-4-8-12-22;;/h3-16,28-30H,17-19H2,1-2H3;;/b25-24+;;. The number of hydrogen-bond donors (Lipinski definition) is 3. The summed E-state index contributed by atoms with van der Waals surface area (Å²) in [6, 6.07) is 26.1. The van der Waals surface area contributed by atoms with Crippen molar-refractivity contribution in [2.45, 2.75) is 5.79 Å². The third-order valence-corrected chi connectivity index (χ3v) is 4.95. The Hall–Kier alpha value is -2.58. The number of rotatable bonds is 9. The monoisotopic (exact) mass is 486 g/mol. The van der Waals surface area contributed by atoms with E-state index < -0.39 is 12.4 Å². The molecule has 0 saturated heterocycles. The van der Waals surface area contributed by atoms with Crippen LogP contribution in [0.1, 0.15) is 16.7 Å². The van der Waals surface area contributed by atoms with Crippen LogP contribution in [0.2, 0.25) is 0 Å². The van der Waals surface area contributed by atoms with Crippen LogP contribution in [0, 0.1) is 0 Å². The number of likely N-dealkylation sites (N-methyl/N-ethyl adjacent to an activating group) is 1. The van der Waals surface area contributed by atoms with Gasteiger partial charge < -0.3 is 25.0 Å². The van der Waals surface area contributed by atoms with Crippen molar-refractivity contribution in [2.24, 2.45) is 0 Å². The van der Waals surface area contributed by atoms with Gasteiger partial charge in [0.15, 0.2) is 0 Å². The van der Waals surface area contributed by atoms with Crippen LogP contribution in [0.5, 0.6) is 5.75 Å². The van der Waals surface area contributed by atoms with E-state index in [0.717, 1.165) is 40.8 Å². The molecule has 0 aliphatic carbocycles. The Morgan fingerprint density at radius 2 is 1.30 bits per heavy atom. The summed E-state index contributed by atoms with van der Waals surface area (Å²) in [5.41, 5.74) is 3.08. The first-order valence-corrected chi connectivity index (χ1v) is 11.0. The van der Waals surface area contributed by atoms with Crippen molar-refractivity contribution < 1.29 is 41.1 Å². The first kappa shape index (κ1) is 26.7. The Bertz CT molecular complexity index is 1010. The third kappa shape index (κ3) is 7.47. The first-order chi connectivity index (χ1) is 15.9. The molecular weight excluding hydrogens is 457 g/mol. The summed E-state index contributed by atoms with van der Waals surface area (Å²) >= 11 is 1.06. The molecule has 0 aromatic heterocycles. The van der Waals surface area contributed by atoms with E-state index in [-0.39, 0.29) is 5.57 Å². The number of ether oxygens (including phenoxy) is 1. The summed E-state index contributed by atoms with van der Waals surface area (Å²) in [4.78, 5) is 2.05. The summed E-state index contributed by atoms with van der Waals surface area (Å²) in [6.07, 6.45) is 0. The Morgan fingerprint density at radius 3 is 1.79 bits per heavy atom. The van der Waals surface area contributed by atoms with Crippen LogP contribution in [0.25, 0.3) is 11.1 Å². The number of hydrogen-bond acceptors (Lipinski definition) is 6. The minimum atomic E-state index is -2.42. The van der Waals surface area contributed by atoms with Gasteiger partial charge in [0.2, 0.25) is 5.79 Å². The molecule has 3 N–H and O–H groups in total. The fraction of sp³-hybridized carbons (Fsp3) is 0.231. The third-order valence-electron chi connectivity index (χ3n) is 4.95. The van der Waals surface area contributed by atoms with Crippen LogP contribution in [-0.4, -0.2) is 59.9 Å². The van der Waals surface area contributed by atoms with Crippen molar-refractivity contribution in [2.75, 3.05) is 33.9 Å². The van der Waals surface area contributed by atoms with Crippen LogP contribution in [0.4, 0.5) is 0 Å². The second-order valence-corrected chi connectivity index (χ2v) is 7.63. The molecule has 0 radical (unpaired) electrons. The zero-order chi connectivity index (χ0) is 24.3. The molecule has 0 saturated carbocycles. The van der Waals surface area contributed by atoms with Crippen molar-refractivity contribution >= 4 is 11.1 Å². The summed E-state index contributed by atoms with van der Waals surface area (Å²) in [6.45, 7) is 0.548. The molecular formula is C26H29NO5V. The number of benzene rings is 3. The molecule has 0 spiro atoms. The second kappa shape index (κ2) is 13.2. The molecule has 0 amide bonds. The van der Waals surface area contributed by atoms with Crippen molar-refractivity contribution in [1.29, 1.82) is 0 Å². The van der Waals surface area contributed by atoms with Gasteiger partial charge in [-0.1, -0.05) is 72.8 Å². The predicted molar refractivity (Wildman–Crippen MR) is 124 cm³/mol. The fourth-order valence-electron chi connectivity index (χ4n) is 3.38. The molecule has 0 bridgehead atoms. The Kier molecular flexibility index (Phi) is 10.7. The van der Waals surface area contributed by atoms with Gasteiger partial charge in [-0.3, -0.25) is 0 Å². The molecule has 0 aliphatic rings. The summed E-state index contributed by atoms with van der Waals surface area (Å²) in [5.74, 6) is -1.69. The summed E-state index contributed by atoms with van der Waals surface area (Å²) < 4.78 is 14.0. The van der Waals surface area contributed by atoms with E-state index in [9.17, 15) is 15.3 Å². The Balaban J connectivity index is 0.00000187. The maximum atomic E-state index is 10.8. The van der Waals surface area contributed by atoms with Crippen LogP contribution >= 0.6 is 0 Å². The molecule has 0 unspecified atom stereocenters. The molecule has 33 heavy (non-hydrogen) atoms. The van der Waals surface area contributed by atoms with Gasteiger partial charge in [-0.25, -0.2) is 0 Å². The minimum absolute atomic E-state index is 0.239. The van der Waals surface area contributed by atoms with Crippen LogP contribution < -0.4 is 4.74 Å². The Labute approximate surface area is 204 Å². The van der Waals surface area contributed by atoms with Gasteiger partial charge in [-0.05, 0) is 48.5 Å². The first-order valence-electron chi connectivity index (χ1n) is 10.4. The van der Waals surface area contributed by atoms with Crippen molar-refractivity contribution in [3.63, 3.8) is 0 Å².